The molecule has 0 bridgehead atoms. The van der Waals surface area contributed by atoms with Gasteiger partial charge in [0.2, 0.25) is 15.9 Å². The summed E-state index contributed by atoms with van der Waals surface area (Å²) >= 11 is 0. The zero-order chi connectivity index (χ0) is 21.6. The number of para-hydroxylation sites is 2. The standard InChI is InChI=1S/C22H27N3O4S/c1-23-30(27,28)21-16-17(10-12-20(21)29-2)11-13-22(26)24-18-8-4-5-9-19(18)25-14-6-3-7-15-25/h4-5,8-13,16,23H,3,6-7,14-15H2,1-2H3,(H,24,26)/b13-11+. The van der Waals surface area contributed by atoms with E-state index in [2.05, 4.69) is 14.9 Å². The summed E-state index contributed by atoms with van der Waals surface area (Å²) in [5.41, 5.74) is 2.36. The first kappa shape index (κ1) is 21.9. The first-order valence-corrected chi connectivity index (χ1v) is 11.4. The third kappa shape index (κ3) is 5.20. The number of hydrogen-bond acceptors (Lipinski definition) is 5. The van der Waals surface area contributed by atoms with Crippen molar-refractivity contribution < 1.29 is 17.9 Å². The van der Waals surface area contributed by atoms with Crippen LogP contribution in [0, 0.1) is 0 Å². The van der Waals surface area contributed by atoms with Crippen LogP contribution in [-0.4, -0.2) is 41.6 Å². The van der Waals surface area contributed by atoms with Gasteiger partial charge in [-0.25, -0.2) is 13.1 Å². The van der Waals surface area contributed by atoms with Crippen molar-refractivity contribution in [3.63, 3.8) is 0 Å². The molecule has 0 atom stereocenters. The molecule has 0 radical (unpaired) electrons. The summed E-state index contributed by atoms with van der Waals surface area (Å²) in [5, 5.41) is 2.93. The van der Waals surface area contributed by atoms with Crippen molar-refractivity contribution in [3.05, 3.63) is 54.1 Å². The number of nitrogens with zero attached hydrogens (tertiary/aromatic N) is 1. The van der Waals surface area contributed by atoms with Crippen LogP contribution in [0.1, 0.15) is 24.8 Å². The SMILES string of the molecule is CNS(=O)(=O)c1cc(/C=C/C(=O)Nc2ccccc2N2CCCCC2)ccc1OC. The molecule has 7 nitrogen and oxygen atoms in total. The van der Waals surface area contributed by atoms with Gasteiger partial charge in [-0.3, -0.25) is 4.79 Å². The van der Waals surface area contributed by atoms with Gasteiger partial charge >= 0.3 is 0 Å². The molecule has 160 valence electrons. The molecular formula is C22H27N3O4S. The van der Waals surface area contributed by atoms with Gasteiger partial charge in [0.1, 0.15) is 10.6 Å². The molecule has 30 heavy (non-hydrogen) atoms. The van der Waals surface area contributed by atoms with E-state index >= 15 is 0 Å². The molecule has 0 aromatic heterocycles. The smallest absolute Gasteiger partial charge is 0.248 e. The number of carbonyl (C=O) groups is 1. The lowest BCUT2D eigenvalue weighted by molar-refractivity contribution is -0.111. The highest BCUT2D eigenvalue weighted by Gasteiger charge is 2.18. The van der Waals surface area contributed by atoms with Crippen LogP contribution in [0.2, 0.25) is 0 Å². The summed E-state index contributed by atoms with van der Waals surface area (Å²) in [4.78, 5) is 14.8. The molecule has 8 heteroatoms. The lowest BCUT2D eigenvalue weighted by Gasteiger charge is -2.30. The number of methoxy groups -OCH3 is 1. The number of ether oxygens (including phenoxy) is 1. The van der Waals surface area contributed by atoms with E-state index in [1.165, 1.54) is 32.7 Å². The second kappa shape index (κ2) is 9.77. The number of anilines is 2. The van der Waals surface area contributed by atoms with Crippen LogP contribution in [0.4, 0.5) is 11.4 Å². The van der Waals surface area contributed by atoms with Crippen LogP contribution in [0.15, 0.2) is 53.4 Å². The van der Waals surface area contributed by atoms with Crippen LogP contribution in [0.25, 0.3) is 6.08 Å². The van der Waals surface area contributed by atoms with Crippen LogP contribution in [0.3, 0.4) is 0 Å². The molecule has 3 rings (SSSR count). The Morgan fingerprint density at radius 3 is 2.53 bits per heavy atom. The van der Waals surface area contributed by atoms with E-state index < -0.39 is 10.0 Å². The van der Waals surface area contributed by atoms with E-state index in [0.29, 0.717) is 5.56 Å². The molecule has 1 amide bonds. The monoisotopic (exact) mass is 429 g/mol. The Labute approximate surface area is 177 Å². The fourth-order valence-corrected chi connectivity index (χ4v) is 4.38. The Balaban J connectivity index is 1.77. The Kier molecular flexibility index (Phi) is 7.12. The number of piperidine rings is 1. The first-order chi connectivity index (χ1) is 14.4. The summed E-state index contributed by atoms with van der Waals surface area (Å²) in [6, 6.07) is 12.5. The predicted octanol–water partition coefficient (Wildman–Crippen LogP) is 3.25. The highest BCUT2D eigenvalue weighted by molar-refractivity contribution is 7.89. The van der Waals surface area contributed by atoms with E-state index in [-0.39, 0.29) is 16.6 Å². The highest BCUT2D eigenvalue weighted by Crippen LogP contribution is 2.28. The normalized spacial score (nSPS) is 14.7. The second-order valence-electron chi connectivity index (χ2n) is 7.01. The highest BCUT2D eigenvalue weighted by atomic mass is 32.2. The molecule has 2 aromatic carbocycles. The minimum Gasteiger partial charge on any atom is -0.495 e. The van der Waals surface area contributed by atoms with Gasteiger partial charge in [0.25, 0.3) is 0 Å². The third-order valence-corrected chi connectivity index (χ3v) is 6.47. The molecule has 1 aliphatic heterocycles. The maximum atomic E-state index is 12.5. The number of benzene rings is 2. The Hall–Kier alpha value is -2.84. The molecule has 2 N–H and O–H groups in total. The largest absolute Gasteiger partial charge is 0.495 e. The molecule has 2 aromatic rings. The molecule has 1 aliphatic rings. The van der Waals surface area contributed by atoms with Crippen molar-refractivity contribution in [1.82, 2.24) is 4.72 Å². The molecule has 0 aliphatic carbocycles. The minimum atomic E-state index is -3.68. The molecule has 0 spiro atoms. The quantitative estimate of drug-likeness (QED) is 0.660. The van der Waals surface area contributed by atoms with E-state index in [4.69, 9.17) is 4.74 Å². The van der Waals surface area contributed by atoms with Gasteiger partial charge in [0.15, 0.2) is 0 Å². The minimum absolute atomic E-state index is 0.0190. The van der Waals surface area contributed by atoms with Gasteiger partial charge in [0, 0.05) is 19.2 Å². The van der Waals surface area contributed by atoms with Crippen molar-refractivity contribution >= 4 is 33.4 Å². The molecule has 1 fully saturated rings. The maximum absolute atomic E-state index is 12.5. The van der Waals surface area contributed by atoms with Gasteiger partial charge in [0.05, 0.1) is 18.5 Å². The van der Waals surface area contributed by atoms with Crippen molar-refractivity contribution in [2.75, 3.05) is 37.5 Å². The number of nitrogens with one attached hydrogen (secondary N) is 2. The topological polar surface area (TPSA) is 87.7 Å². The van der Waals surface area contributed by atoms with Crippen LogP contribution in [0.5, 0.6) is 5.75 Å². The Bertz CT molecular complexity index is 1030. The van der Waals surface area contributed by atoms with Gasteiger partial charge in [-0.15, -0.1) is 0 Å². The summed E-state index contributed by atoms with van der Waals surface area (Å²) in [6.45, 7) is 1.97. The summed E-state index contributed by atoms with van der Waals surface area (Å²) in [6.07, 6.45) is 6.51. The molecule has 1 heterocycles. The number of amides is 1. The molecule has 0 unspecified atom stereocenters. The van der Waals surface area contributed by atoms with Crippen molar-refractivity contribution in [2.24, 2.45) is 0 Å². The predicted molar refractivity (Wildman–Crippen MR) is 119 cm³/mol. The van der Waals surface area contributed by atoms with Crippen LogP contribution >= 0.6 is 0 Å². The fraction of sp³-hybridized carbons (Fsp3) is 0.318. The lowest BCUT2D eigenvalue weighted by Crippen LogP contribution is -2.30. The first-order valence-electron chi connectivity index (χ1n) is 9.89. The van der Waals surface area contributed by atoms with Crippen LogP contribution < -0.4 is 19.7 Å². The summed E-state index contributed by atoms with van der Waals surface area (Å²) in [7, 11) is -0.936. The van der Waals surface area contributed by atoms with Gasteiger partial charge in [-0.1, -0.05) is 18.2 Å². The maximum Gasteiger partial charge on any atom is 0.248 e. The average molecular weight is 430 g/mol. The van der Waals surface area contributed by atoms with Gasteiger partial charge < -0.3 is 15.0 Å². The Morgan fingerprint density at radius 1 is 1.10 bits per heavy atom. The number of sulfonamides is 1. The van der Waals surface area contributed by atoms with Crippen LogP contribution in [-0.2, 0) is 14.8 Å². The fourth-order valence-electron chi connectivity index (χ4n) is 3.45. The zero-order valence-electron chi connectivity index (χ0n) is 17.2. The number of rotatable bonds is 7. The van der Waals surface area contributed by atoms with E-state index in [1.54, 1.807) is 18.2 Å². The van der Waals surface area contributed by atoms with E-state index in [1.807, 2.05) is 24.3 Å². The van der Waals surface area contributed by atoms with Gasteiger partial charge in [-0.05, 0) is 62.2 Å². The molecular weight excluding hydrogens is 402 g/mol. The lowest BCUT2D eigenvalue weighted by atomic mass is 10.1. The molecule has 1 saturated heterocycles. The second-order valence-corrected chi connectivity index (χ2v) is 8.86. The van der Waals surface area contributed by atoms with Crippen molar-refractivity contribution in [2.45, 2.75) is 24.2 Å². The molecule has 0 saturated carbocycles. The third-order valence-electron chi connectivity index (χ3n) is 5.03. The van der Waals surface area contributed by atoms with Crippen molar-refractivity contribution in [3.8, 4) is 5.75 Å². The average Bonchev–Trinajstić information content (AvgIpc) is 2.78. The summed E-state index contributed by atoms with van der Waals surface area (Å²) in [5.74, 6) is -0.0466. The van der Waals surface area contributed by atoms with Gasteiger partial charge in [-0.2, -0.15) is 0 Å². The van der Waals surface area contributed by atoms with E-state index in [9.17, 15) is 13.2 Å². The van der Waals surface area contributed by atoms with E-state index in [0.717, 1.165) is 37.3 Å². The zero-order valence-corrected chi connectivity index (χ0v) is 18.0. The number of hydrogen-bond donors (Lipinski definition) is 2. The Morgan fingerprint density at radius 2 is 1.83 bits per heavy atom. The summed E-state index contributed by atoms with van der Waals surface area (Å²) < 4.78 is 31.8. The van der Waals surface area contributed by atoms with Crippen molar-refractivity contribution in [1.29, 1.82) is 0 Å². The number of carbonyl (C=O) groups excluding carboxylic acids is 1.